The molecule has 0 radical (unpaired) electrons. The summed E-state index contributed by atoms with van der Waals surface area (Å²) in [6.07, 6.45) is 1.47. The Morgan fingerprint density at radius 3 is 2.67 bits per heavy atom. The summed E-state index contributed by atoms with van der Waals surface area (Å²) in [5.41, 5.74) is 0. The molecular weight excluding hydrogens is 216 g/mol. The second-order valence-corrected chi connectivity index (χ2v) is 3.43. The largest absolute Gasteiger partial charge is 0.382 e. The third-order valence-corrected chi connectivity index (χ3v) is 2.35. The van der Waals surface area contributed by atoms with E-state index >= 15 is 0 Å². The van der Waals surface area contributed by atoms with Crippen molar-refractivity contribution in [3.8, 4) is 0 Å². The third-order valence-electron chi connectivity index (χ3n) is 2.35. The van der Waals surface area contributed by atoms with Crippen molar-refractivity contribution in [2.75, 3.05) is 39.4 Å². The van der Waals surface area contributed by atoms with Crippen LogP contribution >= 0.6 is 12.4 Å². The number of hydrogen-bond acceptors (Lipinski definition) is 3. The highest BCUT2D eigenvalue weighted by Crippen LogP contribution is 2.00. The highest BCUT2D eigenvalue weighted by molar-refractivity contribution is 5.85. The fraction of sp³-hybridized carbons (Fsp3) is 0.900. The Morgan fingerprint density at radius 2 is 2.07 bits per heavy atom. The van der Waals surface area contributed by atoms with Crippen molar-refractivity contribution in [2.45, 2.75) is 19.8 Å². The van der Waals surface area contributed by atoms with Gasteiger partial charge in [0.2, 0.25) is 5.91 Å². The maximum atomic E-state index is 11.6. The summed E-state index contributed by atoms with van der Waals surface area (Å²) < 4.78 is 5.19. The number of rotatable bonds is 5. The normalized spacial score (nSPS) is 15.9. The lowest BCUT2D eigenvalue weighted by Crippen LogP contribution is -2.46. The average molecular weight is 237 g/mol. The van der Waals surface area contributed by atoms with Gasteiger partial charge in [0.1, 0.15) is 0 Å². The lowest BCUT2D eigenvalue weighted by molar-refractivity contribution is -0.132. The molecule has 1 rings (SSSR count). The standard InChI is InChI=1S/C10H20N2O2.ClH/c1-2-14-9-3-4-10(13)12-7-5-11-6-8-12;/h11H,2-9H2,1H3;1H. The van der Waals surface area contributed by atoms with E-state index in [1.165, 1.54) is 0 Å². The molecule has 90 valence electrons. The molecule has 15 heavy (non-hydrogen) atoms. The van der Waals surface area contributed by atoms with Crippen LogP contribution in [0.15, 0.2) is 0 Å². The van der Waals surface area contributed by atoms with Gasteiger partial charge in [0.15, 0.2) is 0 Å². The fourth-order valence-electron chi connectivity index (χ4n) is 1.54. The Hall–Kier alpha value is -0.320. The highest BCUT2D eigenvalue weighted by Gasteiger charge is 2.14. The lowest BCUT2D eigenvalue weighted by Gasteiger charge is -2.27. The molecule has 1 fully saturated rings. The summed E-state index contributed by atoms with van der Waals surface area (Å²) in [7, 11) is 0. The van der Waals surface area contributed by atoms with E-state index in [4.69, 9.17) is 4.74 Å². The minimum atomic E-state index is 0. The van der Waals surface area contributed by atoms with Crippen molar-refractivity contribution in [3.63, 3.8) is 0 Å². The zero-order valence-corrected chi connectivity index (χ0v) is 10.1. The zero-order chi connectivity index (χ0) is 10.2. The Kier molecular flexibility index (Phi) is 8.76. The van der Waals surface area contributed by atoms with E-state index in [-0.39, 0.29) is 18.3 Å². The van der Waals surface area contributed by atoms with Gasteiger partial charge in [-0.1, -0.05) is 0 Å². The van der Waals surface area contributed by atoms with Gasteiger partial charge in [-0.25, -0.2) is 0 Å². The van der Waals surface area contributed by atoms with E-state index in [0.29, 0.717) is 13.0 Å². The monoisotopic (exact) mass is 236 g/mol. The number of ether oxygens (including phenoxy) is 1. The van der Waals surface area contributed by atoms with Gasteiger partial charge in [-0.05, 0) is 13.3 Å². The van der Waals surface area contributed by atoms with Crippen LogP contribution < -0.4 is 5.32 Å². The summed E-state index contributed by atoms with van der Waals surface area (Å²) in [6, 6.07) is 0. The van der Waals surface area contributed by atoms with Crippen LogP contribution in [0.5, 0.6) is 0 Å². The number of carbonyl (C=O) groups is 1. The maximum Gasteiger partial charge on any atom is 0.222 e. The van der Waals surface area contributed by atoms with E-state index in [0.717, 1.165) is 39.2 Å². The third kappa shape index (κ3) is 5.97. The van der Waals surface area contributed by atoms with Crippen molar-refractivity contribution in [3.05, 3.63) is 0 Å². The van der Waals surface area contributed by atoms with Gasteiger partial charge in [0.05, 0.1) is 0 Å². The summed E-state index contributed by atoms with van der Waals surface area (Å²) in [6.45, 7) is 6.98. The second-order valence-electron chi connectivity index (χ2n) is 3.43. The Balaban J connectivity index is 0.00000196. The van der Waals surface area contributed by atoms with E-state index < -0.39 is 0 Å². The summed E-state index contributed by atoms with van der Waals surface area (Å²) in [5, 5.41) is 3.23. The molecule has 0 saturated carbocycles. The topological polar surface area (TPSA) is 41.6 Å². The van der Waals surface area contributed by atoms with Crippen LogP contribution in [0, 0.1) is 0 Å². The van der Waals surface area contributed by atoms with E-state index in [1.54, 1.807) is 0 Å². The molecule has 1 aliphatic heterocycles. The van der Waals surface area contributed by atoms with Gasteiger partial charge >= 0.3 is 0 Å². The molecule has 0 aromatic carbocycles. The first-order valence-corrected chi connectivity index (χ1v) is 5.41. The molecule has 0 aromatic rings. The van der Waals surface area contributed by atoms with Crippen molar-refractivity contribution in [1.82, 2.24) is 10.2 Å². The van der Waals surface area contributed by atoms with Gasteiger partial charge in [-0.2, -0.15) is 0 Å². The van der Waals surface area contributed by atoms with E-state index in [1.807, 2.05) is 11.8 Å². The number of hydrogen-bond donors (Lipinski definition) is 1. The summed E-state index contributed by atoms with van der Waals surface area (Å²) >= 11 is 0. The molecule has 1 amide bonds. The first-order chi connectivity index (χ1) is 6.84. The van der Waals surface area contributed by atoms with Crippen molar-refractivity contribution < 1.29 is 9.53 Å². The Labute approximate surface area is 97.8 Å². The zero-order valence-electron chi connectivity index (χ0n) is 9.33. The van der Waals surface area contributed by atoms with E-state index in [2.05, 4.69) is 5.32 Å². The van der Waals surface area contributed by atoms with Gasteiger partial charge in [-0.15, -0.1) is 12.4 Å². The van der Waals surface area contributed by atoms with Gasteiger partial charge < -0.3 is 15.0 Å². The van der Waals surface area contributed by atoms with Crippen molar-refractivity contribution >= 4 is 18.3 Å². The van der Waals surface area contributed by atoms with E-state index in [9.17, 15) is 4.79 Å². The molecule has 1 N–H and O–H groups in total. The van der Waals surface area contributed by atoms with Gasteiger partial charge in [0.25, 0.3) is 0 Å². The van der Waals surface area contributed by atoms with Crippen LogP contribution in [0.25, 0.3) is 0 Å². The molecule has 4 nitrogen and oxygen atoms in total. The molecule has 0 spiro atoms. The maximum absolute atomic E-state index is 11.6. The minimum Gasteiger partial charge on any atom is -0.382 e. The molecule has 1 saturated heterocycles. The first kappa shape index (κ1) is 14.7. The molecule has 0 bridgehead atoms. The smallest absolute Gasteiger partial charge is 0.222 e. The number of nitrogens with one attached hydrogen (secondary N) is 1. The molecule has 1 heterocycles. The van der Waals surface area contributed by atoms with Crippen LogP contribution in [-0.2, 0) is 9.53 Å². The van der Waals surface area contributed by atoms with Crippen LogP contribution in [0.4, 0.5) is 0 Å². The summed E-state index contributed by atoms with van der Waals surface area (Å²) in [5.74, 6) is 0.270. The minimum absolute atomic E-state index is 0. The van der Waals surface area contributed by atoms with Crippen LogP contribution in [0.2, 0.25) is 0 Å². The summed E-state index contributed by atoms with van der Waals surface area (Å²) in [4.78, 5) is 13.5. The Bertz CT molecular complexity index is 173. The van der Waals surface area contributed by atoms with Crippen LogP contribution in [0.1, 0.15) is 19.8 Å². The SMILES string of the molecule is CCOCCCC(=O)N1CCNCC1.Cl. The number of halogens is 1. The predicted octanol–water partition coefficient (Wildman–Crippen LogP) is 0.657. The van der Waals surface area contributed by atoms with Crippen molar-refractivity contribution in [2.24, 2.45) is 0 Å². The van der Waals surface area contributed by atoms with Gasteiger partial charge in [0, 0.05) is 45.8 Å². The molecule has 0 unspecified atom stereocenters. The number of amides is 1. The number of carbonyl (C=O) groups excluding carboxylic acids is 1. The quantitative estimate of drug-likeness (QED) is 0.713. The molecule has 0 aromatic heterocycles. The van der Waals surface area contributed by atoms with Crippen LogP contribution in [-0.4, -0.2) is 50.2 Å². The lowest BCUT2D eigenvalue weighted by atomic mass is 10.2. The van der Waals surface area contributed by atoms with Crippen LogP contribution in [0.3, 0.4) is 0 Å². The highest BCUT2D eigenvalue weighted by atomic mass is 35.5. The van der Waals surface area contributed by atoms with Crippen molar-refractivity contribution in [1.29, 1.82) is 0 Å². The number of nitrogens with zero attached hydrogens (tertiary/aromatic N) is 1. The number of piperazine rings is 1. The molecule has 5 heteroatoms. The Morgan fingerprint density at radius 1 is 1.40 bits per heavy atom. The van der Waals surface area contributed by atoms with Gasteiger partial charge in [-0.3, -0.25) is 4.79 Å². The molecule has 0 aliphatic carbocycles. The fourth-order valence-corrected chi connectivity index (χ4v) is 1.54. The molecule has 1 aliphatic rings. The molecule has 0 atom stereocenters. The second kappa shape index (κ2) is 8.95. The predicted molar refractivity (Wildman–Crippen MR) is 62.4 cm³/mol. The average Bonchev–Trinajstić information content (AvgIpc) is 2.25. The first-order valence-electron chi connectivity index (χ1n) is 5.41. The molecular formula is C10H21ClN2O2.